The molecule has 6 nitrogen and oxygen atoms in total. The fraction of sp³-hybridized carbons (Fsp3) is 0.516. The van der Waals surface area contributed by atoms with E-state index in [1.165, 1.54) is 17.5 Å². The van der Waals surface area contributed by atoms with Crippen molar-refractivity contribution in [1.82, 2.24) is 4.90 Å². The van der Waals surface area contributed by atoms with Crippen LogP contribution in [0, 0.1) is 6.92 Å². The summed E-state index contributed by atoms with van der Waals surface area (Å²) >= 11 is 3.70. The van der Waals surface area contributed by atoms with Gasteiger partial charge in [0.2, 0.25) is 6.41 Å². The molecule has 2 aliphatic heterocycles. The molecule has 3 aliphatic rings. The van der Waals surface area contributed by atoms with Crippen LogP contribution in [-0.2, 0) is 14.9 Å². The van der Waals surface area contributed by atoms with Crippen molar-refractivity contribution in [3.05, 3.63) is 57.6 Å². The van der Waals surface area contributed by atoms with E-state index in [0.717, 1.165) is 65.8 Å². The number of fused-ring (bicyclic) bond motifs is 2. The molecule has 2 heterocycles. The molecular formula is C31H38BrN3O3. The van der Waals surface area contributed by atoms with Gasteiger partial charge in [0.15, 0.2) is 0 Å². The van der Waals surface area contributed by atoms with Crippen molar-refractivity contribution < 1.29 is 14.3 Å². The van der Waals surface area contributed by atoms with Gasteiger partial charge in [0, 0.05) is 17.6 Å². The minimum Gasteiger partial charge on any atom is -0.444 e. The number of hydrogen-bond acceptors (Lipinski definition) is 3. The Balaban J connectivity index is 1.50. The normalized spacial score (nSPS) is 20.6. The van der Waals surface area contributed by atoms with Crippen LogP contribution in [0.4, 0.5) is 16.2 Å². The van der Waals surface area contributed by atoms with E-state index < -0.39 is 5.60 Å². The highest BCUT2D eigenvalue weighted by Crippen LogP contribution is 2.54. The zero-order chi connectivity index (χ0) is 27.1. The molecule has 202 valence electrons. The molecule has 2 fully saturated rings. The van der Waals surface area contributed by atoms with Crippen molar-refractivity contribution in [1.29, 1.82) is 0 Å². The van der Waals surface area contributed by atoms with Crippen molar-refractivity contribution in [2.75, 3.05) is 18.0 Å². The summed E-state index contributed by atoms with van der Waals surface area (Å²) in [7, 11) is 0. The number of aliphatic imine (C=N–C) groups is 1. The highest BCUT2D eigenvalue weighted by Gasteiger charge is 2.50. The van der Waals surface area contributed by atoms with Crippen molar-refractivity contribution in [3.8, 4) is 0 Å². The highest BCUT2D eigenvalue weighted by atomic mass is 79.9. The molecule has 0 N–H and O–H groups in total. The molecule has 1 spiro atoms. The average molecular weight is 581 g/mol. The maximum atomic E-state index is 12.6. The molecule has 2 amide bonds. The van der Waals surface area contributed by atoms with Gasteiger partial charge in [-0.3, -0.25) is 9.69 Å². The van der Waals surface area contributed by atoms with Gasteiger partial charge in [-0.25, -0.2) is 9.79 Å². The standard InChI is InChI=1S/C31H38BrN3O3/c1-21-25(32)9-8-10-26(21)35-27-12-11-23(22-13-17-34(18-14-22)29(37)38-30(2,3)4)19-24(27)31(28(35)33-20-36)15-6-5-7-16-31/h8-12,19-20,22H,5-7,13-18H2,1-4H3/b33-28-. The summed E-state index contributed by atoms with van der Waals surface area (Å²) in [6.45, 7) is 9.22. The Morgan fingerprint density at radius 1 is 1.08 bits per heavy atom. The zero-order valence-electron chi connectivity index (χ0n) is 22.9. The van der Waals surface area contributed by atoms with Gasteiger partial charge in [0.1, 0.15) is 11.4 Å². The predicted molar refractivity (Wildman–Crippen MR) is 156 cm³/mol. The van der Waals surface area contributed by atoms with E-state index in [0.29, 0.717) is 25.4 Å². The maximum Gasteiger partial charge on any atom is 0.410 e. The number of carbonyl (C=O) groups is 2. The number of benzene rings is 2. The van der Waals surface area contributed by atoms with E-state index in [2.05, 4.69) is 63.1 Å². The van der Waals surface area contributed by atoms with Gasteiger partial charge in [-0.15, -0.1) is 0 Å². The van der Waals surface area contributed by atoms with Gasteiger partial charge in [0.05, 0.1) is 16.8 Å². The summed E-state index contributed by atoms with van der Waals surface area (Å²) in [5.41, 5.74) is 5.19. The summed E-state index contributed by atoms with van der Waals surface area (Å²) in [6, 6.07) is 13.1. The number of hydrogen-bond donors (Lipinski definition) is 0. The number of anilines is 2. The zero-order valence-corrected chi connectivity index (χ0v) is 24.5. The first-order chi connectivity index (χ1) is 18.1. The molecule has 2 aromatic carbocycles. The number of rotatable bonds is 3. The molecular weight excluding hydrogens is 542 g/mol. The Labute approximate surface area is 234 Å². The van der Waals surface area contributed by atoms with Crippen LogP contribution in [0.3, 0.4) is 0 Å². The first-order valence-electron chi connectivity index (χ1n) is 13.8. The quantitative estimate of drug-likeness (QED) is 0.348. The molecule has 7 heteroatoms. The van der Waals surface area contributed by atoms with Crippen LogP contribution in [0.2, 0.25) is 0 Å². The van der Waals surface area contributed by atoms with E-state index in [1.807, 2.05) is 31.7 Å². The van der Waals surface area contributed by atoms with Crippen molar-refractivity contribution in [2.45, 2.75) is 89.6 Å². The van der Waals surface area contributed by atoms with Gasteiger partial charge in [-0.05, 0) is 94.2 Å². The summed E-state index contributed by atoms with van der Waals surface area (Å²) in [5.74, 6) is 1.24. The molecule has 0 radical (unpaired) electrons. The van der Waals surface area contributed by atoms with Crippen LogP contribution in [-0.4, -0.2) is 41.9 Å². The van der Waals surface area contributed by atoms with Gasteiger partial charge in [-0.1, -0.05) is 53.4 Å². The molecule has 1 aliphatic carbocycles. The molecule has 1 saturated heterocycles. The lowest BCUT2D eigenvalue weighted by Gasteiger charge is -2.36. The molecule has 2 aromatic rings. The summed E-state index contributed by atoms with van der Waals surface area (Å²) < 4.78 is 6.64. The van der Waals surface area contributed by atoms with Crippen molar-refractivity contribution in [3.63, 3.8) is 0 Å². The van der Waals surface area contributed by atoms with E-state index in [9.17, 15) is 9.59 Å². The van der Waals surface area contributed by atoms with E-state index in [4.69, 9.17) is 4.74 Å². The van der Waals surface area contributed by atoms with E-state index in [-0.39, 0.29) is 11.5 Å². The first-order valence-corrected chi connectivity index (χ1v) is 14.6. The second kappa shape index (κ2) is 10.5. The van der Waals surface area contributed by atoms with E-state index >= 15 is 0 Å². The van der Waals surface area contributed by atoms with Crippen molar-refractivity contribution >= 4 is 45.6 Å². The lowest BCUT2D eigenvalue weighted by molar-refractivity contribution is -0.106. The van der Waals surface area contributed by atoms with Gasteiger partial charge < -0.3 is 9.64 Å². The monoisotopic (exact) mass is 579 g/mol. The summed E-state index contributed by atoms with van der Waals surface area (Å²) in [4.78, 5) is 33.1. The van der Waals surface area contributed by atoms with Crippen LogP contribution in [0.15, 0.2) is 45.9 Å². The van der Waals surface area contributed by atoms with Gasteiger partial charge in [0.25, 0.3) is 0 Å². The Morgan fingerprint density at radius 2 is 1.79 bits per heavy atom. The fourth-order valence-electron chi connectivity index (χ4n) is 6.52. The van der Waals surface area contributed by atoms with Crippen LogP contribution >= 0.6 is 15.9 Å². The smallest absolute Gasteiger partial charge is 0.410 e. The maximum absolute atomic E-state index is 12.6. The molecule has 0 aromatic heterocycles. The largest absolute Gasteiger partial charge is 0.444 e. The molecule has 0 atom stereocenters. The topological polar surface area (TPSA) is 62.2 Å². The molecule has 0 bridgehead atoms. The fourth-order valence-corrected chi connectivity index (χ4v) is 6.87. The van der Waals surface area contributed by atoms with Gasteiger partial charge in [-0.2, -0.15) is 0 Å². The Morgan fingerprint density at radius 3 is 2.45 bits per heavy atom. The van der Waals surface area contributed by atoms with Crippen LogP contribution in [0.1, 0.15) is 88.3 Å². The number of halogens is 1. The number of nitrogens with zero attached hydrogens (tertiary/aromatic N) is 3. The lowest BCUT2D eigenvalue weighted by Crippen LogP contribution is -2.41. The van der Waals surface area contributed by atoms with E-state index in [1.54, 1.807) is 0 Å². The van der Waals surface area contributed by atoms with Gasteiger partial charge >= 0.3 is 6.09 Å². The highest BCUT2D eigenvalue weighted by molar-refractivity contribution is 9.10. The average Bonchev–Trinajstić information content (AvgIpc) is 3.13. The molecule has 38 heavy (non-hydrogen) atoms. The number of piperidine rings is 1. The minimum absolute atomic E-state index is 0.221. The third kappa shape index (κ3) is 4.90. The number of likely N-dealkylation sites (tertiary alicyclic amines) is 1. The minimum atomic E-state index is -0.485. The third-order valence-corrected chi connectivity index (χ3v) is 9.26. The Bertz CT molecular complexity index is 1250. The number of amides is 2. The number of ether oxygens (including phenoxy) is 1. The van der Waals surface area contributed by atoms with Crippen LogP contribution in [0.25, 0.3) is 0 Å². The predicted octanol–water partition coefficient (Wildman–Crippen LogP) is 7.78. The number of carbonyl (C=O) groups excluding carboxylic acids is 2. The summed E-state index contributed by atoms with van der Waals surface area (Å²) in [5, 5.41) is 0. The SMILES string of the molecule is Cc1c(Br)cccc1N1/C(=N\C=O)C2(CCCCC2)c2cc(C3CCN(C(=O)OC(C)(C)C)CC3)ccc21. The molecule has 5 rings (SSSR count). The third-order valence-electron chi connectivity index (χ3n) is 8.40. The first kappa shape index (κ1) is 26.9. The number of amidine groups is 1. The Hall–Kier alpha value is -2.67. The molecule has 1 saturated carbocycles. The summed E-state index contributed by atoms with van der Waals surface area (Å²) in [6.07, 6.45) is 7.77. The second-order valence-corrected chi connectivity index (χ2v) is 12.8. The van der Waals surface area contributed by atoms with Crippen LogP contribution < -0.4 is 4.90 Å². The Kier molecular flexibility index (Phi) is 7.42. The van der Waals surface area contributed by atoms with Crippen molar-refractivity contribution in [2.24, 2.45) is 4.99 Å². The van der Waals surface area contributed by atoms with Crippen LogP contribution in [0.5, 0.6) is 0 Å². The lowest BCUT2D eigenvalue weighted by atomic mass is 9.69. The second-order valence-electron chi connectivity index (χ2n) is 11.9. The molecule has 0 unspecified atom stereocenters.